The molecular formula is C23H25BrFNO3S. The molecule has 1 saturated carbocycles. The number of ether oxygens (including phenoxy) is 2. The summed E-state index contributed by atoms with van der Waals surface area (Å²) in [7, 11) is 3.21. The second kappa shape index (κ2) is 8.08. The number of amides is 1. The van der Waals surface area contributed by atoms with Gasteiger partial charge in [0, 0.05) is 27.4 Å². The Balaban J connectivity index is 1.79. The van der Waals surface area contributed by atoms with Crippen LogP contribution in [0, 0.1) is 5.82 Å². The molecule has 0 radical (unpaired) electrons. The highest BCUT2D eigenvalue weighted by atomic mass is 79.9. The molecule has 160 valence electrons. The van der Waals surface area contributed by atoms with E-state index in [-0.39, 0.29) is 16.5 Å². The van der Waals surface area contributed by atoms with Crippen LogP contribution in [-0.4, -0.2) is 35.5 Å². The topological polar surface area (TPSA) is 38.8 Å². The van der Waals surface area contributed by atoms with Gasteiger partial charge in [-0.1, -0.05) is 15.9 Å². The van der Waals surface area contributed by atoms with E-state index in [4.69, 9.17) is 9.47 Å². The Kier molecular flexibility index (Phi) is 5.79. The average molecular weight is 494 g/mol. The highest BCUT2D eigenvalue weighted by Gasteiger charge is 2.56. The minimum Gasteiger partial charge on any atom is -0.497 e. The van der Waals surface area contributed by atoms with Gasteiger partial charge in [-0.3, -0.25) is 4.79 Å². The van der Waals surface area contributed by atoms with Crippen LogP contribution in [0.4, 0.5) is 4.39 Å². The lowest BCUT2D eigenvalue weighted by molar-refractivity contribution is -0.144. The third-order valence-corrected chi connectivity index (χ3v) is 8.69. The van der Waals surface area contributed by atoms with Crippen molar-refractivity contribution in [1.82, 2.24) is 4.90 Å². The highest BCUT2D eigenvalue weighted by Crippen LogP contribution is 2.54. The Morgan fingerprint density at radius 2 is 1.93 bits per heavy atom. The molecule has 2 aromatic carbocycles. The van der Waals surface area contributed by atoms with Gasteiger partial charge in [0.1, 0.15) is 17.3 Å². The number of carbonyl (C=O) groups is 1. The lowest BCUT2D eigenvalue weighted by atomic mass is 9.80. The van der Waals surface area contributed by atoms with E-state index < -0.39 is 5.54 Å². The molecule has 1 saturated heterocycles. The van der Waals surface area contributed by atoms with E-state index in [1.807, 2.05) is 30.0 Å². The lowest BCUT2D eigenvalue weighted by Crippen LogP contribution is -2.62. The quantitative estimate of drug-likeness (QED) is 0.549. The summed E-state index contributed by atoms with van der Waals surface area (Å²) >= 11 is 5.15. The summed E-state index contributed by atoms with van der Waals surface area (Å²) in [5, 5.41) is 0. The van der Waals surface area contributed by atoms with Crippen molar-refractivity contribution in [3.63, 3.8) is 0 Å². The molecule has 2 fully saturated rings. The van der Waals surface area contributed by atoms with Gasteiger partial charge in [-0.25, -0.2) is 4.39 Å². The van der Waals surface area contributed by atoms with Gasteiger partial charge in [-0.2, -0.15) is 0 Å². The zero-order valence-electron chi connectivity index (χ0n) is 17.3. The van der Waals surface area contributed by atoms with Crippen LogP contribution in [0.3, 0.4) is 0 Å². The van der Waals surface area contributed by atoms with Crippen LogP contribution >= 0.6 is 27.7 Å². The van der Waals surface area contributed by atoms with E-state index >= 15 is 0 Å². The SMILES string of the molecule is COc1ccc(CN2C(=O)C3(CCC3)SC[C@@]2(C)c2cc(Br)ccc2F)c(OC)c1. The maximum atomic E-state index is 15.0. The van der Waals surface area contributed by atoms with Crippen LogP contribution in [0.2, 0.25) is 0 Å². The Morgan fingerprint density at radius 1 is 1.17 bits per heavy atom. The first-order valence-electron chi connectivity index (χ1n) is 9.95. The fourth-order valence-corrected chi connectivity index (χ4v) is 6.32. The van der Waals surface area contributed by atoms with Crippen molar-refractivity contribution in [3.05, 3.63) is 57.8 Å². The molecular weight excluding hydrogens is 469 g/mol. The number of carbonyl (C=O) groups excluding carboxylic acids is 1. The zero-order chi connectivity index (χ0) is 21.5. The Bertz CT molecular complexity index is 981. The number of hydrogen-bond acceptors (Lipinski definition) is 4. The molecule has 4 nitrogen and oxygen atoms in total. The van der Waals surface area contributed by atoms with Crippen molar-refractivity contribution >= 4 is 33.6 Å². The predicted molar refractivity (Wildman–Crippen MR) is 121 cm³/mol. The molecule has 0 bridgehead atoms. The summed E-state index contributed by atoms with van der Waals surface area (Å²) in [5.41, 5.74) is 0.621. The monoisotopic (exact) mass is 493 g/mol. The summed E-state index contributed by atoms with van der Waals surface area (Å²) in [5.74, 6) is 1.77. The van der Waals surface area contributed by atoms with Crippen LogP contribution in [0.15, 0.2) is 40.9 Å². The minimum absolute atomic E-state index is 0.0877. The van der Waals surface area contributed by atoms with E-state index in [9.17, 15) is 9.18 Å². The van der Waals surface area contributed by atoms with E-state index in [1.54, 1.807) is 38.1 Å². The smallest absolute Gasteiger partial charge is 0.239 e. The summed E-state index contributed by atoms with van der Waals surface area (Å²) in [6, 6.07) is 10.5. The maximum absolute atomic E-state index is 15.0. The van der Waals surface area contributed by atoms with E-state index in [0.29, 0.717) is 29.4 Å². The first kappa shape index (κ1) is 21.5. The first-order valence-corrected chi connectivity index (χ1v) is 11.7. The van der Waals surface area contributed by atoms with Gasteiger partial charge in [0.15, 0.2) is 0 Å². The number of nitrogens with zero attached hydrogens (tertiary/aromatic N) is 1. The van der Waals surface area contributed by atoms with Gasteiger partial charge in [0.05, 0.1) is 31.1 Å². The highest BCUT2D eigenvalue weighted by molar-refractivity contribution is 9.10. The molecule has 7 heteroatoms. The lowest BCUT2D eigenvalue weighted by Gasteiger charge is -2.54. The minimum atomic E-state index is -0.776. The van der Waals surface area contributed by atoms with Crippen LogP contribution in [0.5, 0.6) is 11.5 Å². The van der Waals surface area contributed by atoms with Gasteiger partial charge in [0.2, 0.25) is 5.91 Å². The molecule has 1 spiro atoms. The molecule has 4 rings (SSSR count). The van der Waals surface area contributed by atoms with Crippen LogP contribution in [-0.2, 0) is 16.9 Å². The van der Waals surface area contributed by atoms with Crippen molar-refractivity contribution in [1.29, 1.82) is 0 Å². The second-order valence-electron chi connectivity index (χ2n) is 8.10. The number of halogens is 2. The molecule has 2 aliphatic rings. The van der Waals surface area contributed by atoms with Crippen LogP contribution < -0.4 is 9.47 Å². The molecule has 0 unspecified atom stereocenters. The fourth-order valence-electron chi connectivity index (χ4n) is 4.28. The Morgan fingerprint density at radius 3 is 2.57 bits per heavy atom. The van der Waals surface area contributed by atoms with E-state index in [1.165, 1.54) is 6.07 Å². The molecule has 0 N–H and O–H groups in total. The van der Waals surface area contributed by atoms with Gasteiger partial charge in [0.25, 0.3) is 0 Å². The van der Waals surface area contributed by atoms with E-state index in [0.717, 1.165) is 29.3 Å². The maximum Gasteiger partial charge on any atom is 0.239 e. The van der Waals surface area contributed by atoms with Crippen molar-refractivity contribution in [2.24, 2.45) is 0 Å². The number of hydrogen-bond donors (Lipinski definition) is 0. The third-order valence-electron chi connectivity index (χ3n) is 6.35. The van der Waals surface area contributed by atoms with Crippen molar-refractivity contribution in [2.75, 3.05) is 20.0 Å². The second-order valence-corrected chi connectivity index (χ2v) is 10.4. The molecule has 2 aromatic rings. The number of methoxy groups -OCH3 is 2. The number of benzene rings is 2. The van der Waals surface area contributed by atoms with E-state index in [2.05, 4.69) is 15.9 Å². The van der Waals surface area contributed by atoms with Crippen LogP contribution in [0.25, 0.3) is 0 Å². The third kappa shape index (κ3) is 3.50. The van der Waals surface area contributed by atoms with Gasteiger partial charge < -0.3 is 14.4 Å². The van der Waals surface area contributed by atoms with Crippen molar-refractivity contribution in [3.8, 4) is 11.5 Å². The summed E-state index contributed by atoms with van der Waals surface area (Å²) in [4.78, 5) is 15.6. The zero-order valence-corrected chi connectivity index (χ0v) is 19.7. The molecule has 1 aliphatic carbocycles. The summed E-state index contributed by atoms with van der Waals surface area (Å²) in [6.07, 6.45) is 2.81. The molecule has 1 amide bonds. The molecule has 1 aliphatic heterocycles. The molecule has 1 heterocycles. The van der Waals surface area contributed by atoms with Gasteiger partial charge in [-0.15, -0.1) is 11.8 Å². The number of rotatable bonds is 5. The molecule has 1 atom stereocenters. The van der Waals surface area contributed by atoms with Crippen LogP contribution in [0.1, 0.15) is 37.3 Å². The predicted octanol–water partition coefficient (Wildman–Crippen LogP) is 5.52. The number of thioether (sulfide) groups is 1. The molecule has 0 aromatic heterocycles. The van der Waals surface area contributed by atoms with Crippen molar-refractivity contribution in [2.45, 2.75) is 43.0 Å². The summed E-state index contributed by atoms with van der Waals surface area (Å²) < 4.78 is 26.3. The normalized spacial score (nSPS) is 22.7. The Hall–Kier alpha value is -1.73. The van der Waals surface area contributed by atoms with Gasteiger partial charge in [-0.05, 0) is 56.5 Å². The first-order chi connectivity index (χ1) is 14.3. The largest absolute Gasteiger partial charge is 0.497 e. The Labute approximate surface area is 189 Å². The summed E-state index contributed by atoms with van der Waals surface area (Å²) in [6.45, 7) is 2.31. The fraction of sp³-hybridized carbons (Fsp3) is 0.435. The standard InChI is InChI=1S/C23H25BrFNO3S/c1-22(18-11-16(24)6-8-19(18)25)14-30-23(9-4-10-23)21(27)26(22)13-15-5-7-17(28-2)12-20(15)29-3/h5-8,11-12H,4,9-10,13-14H2,1-3H3/t22-/m0/s1. The average Bonchev–Trinajstić information content (AvgIpc) is 2.71. The van der Waals surface area contributed by atoms with Crippen molar-refractivity contribution < 1.29 is 18.7 Å². The molecule has 30 heavy (non-hydrogen) atoms. The van der Waals surface area contributed by atoms with Gasteiger partial charge >= 0.3 is 0 Å².